The van der Waals surface area contributed by atoms with E-state index in [4.69, 9.17) is 5.73 Å². The highest BCUT2D eigenvalue weighted by Gasteiger charge is 2.13. The number of nitrogens with zero attached hydrogens (tertiary/aromatic N) is 3. The Morgan fingerprint density at radius 2 is 2.00 bits per heavy atom. The van der Waals surface area contributed by atoms with Crippen LogP contribution >= 0.6 is 0 Å². The molecule has 6 heteroatoms. The molecule has 2 aromatic heterocycles. The van der Waals surface area contributed by atoms with E-state index < -0.39 is 5.91 Å². The molecule has 0 aliphatic carbocycles. The van der Waals surface area contributed by atoms with Gasteiger partial charge >= 0.3 is 0 Å². The van der Waals surface area contributed by atoms with Gasteiger partial charge in [-0.25, -0.2) is 9.97 Å². The minimum Gasteiger partial charge on any atom is -0.366 e. The predicted octanol–water partition coefficient (Wildman–Crippen LogP) is 3.69. The zero-order chi connectivity index (χ0) is 18.8. The summed E-state index contributed by atoms with van der Waals surface area (Å²) in [6, 6.07) is 17.4. The average molecular weight is 357 g/mol. The number of anilines is 1. The van der Waals surface area contributed by atoms with Crippen molar-refractivity contribution < 1.29 is 4.79 Å². The van der Waals surface area contributed by atoms with Gasteiger partial charge in [0.15, 0.2) is 0 Å². The van der Waals surface area contributed by atoms with Crippen LogP contribution in [0.15, 0.2) is 73.3 Å². The van der Waals surface area contributed by atoms with Crippen LogP contribution in [0.1, 0.15) is 28.9 Å². The highest BCUT2D eigenvalue weighted by atomic mass is 16.1. The predicted molar refractivity (Wildman–Crippen MR) is 106 cm³/mol. The van der Waals surface area contributed by atoms with E-state index in [-0.39, 0.29) is 6.04 Å². The lowest BCUT2D eigenvalue weighted by Gasteiger charge is -2.17. The van der Waals surface area contributed by atoms with E-state index in [2.05, 4.69) is 21.4 Å². The standard InChI is InChI=1S/C21H19N5O/c1-14(15-5-4-6-16(11-15)26-10-9-23-13-26)24-20-12-18(21(22)27)17-7-2-3-8-19(17)25-20/h2-14H,1H3,(H2,22,27)(H,24,25). The maximum Gasteiger partial charge on any atom is 0.249 e. The number of fused-ring (bicyclic) bond motifs is 1. The number of hydrogen-bond donors (Lipinski definition) is 2. The Kier molecular flexibility index (Phi) is 4.30. The van der Waals surface area contributed by atoms with E-state index in [1.165, 1.54) is 0 Å². The van der Waals surface area contributed by atoms with Crippen molar-refractivity contribution in [2.45, 2.75) is 13.0 Å². The number of primary amides is 1. The summed E-state index contributed by atoms with van der Waals surface area (Å²) < 4.78 is 1.95. The monoisotopic (exact) mass is 357 g/mol. The molecule has 6 nitrogen and oxygen atoms in total. The lowest BCUT2D eigenvalue weighted by molar-refractivity contribution is 0.100. The molecule has 2 heterocycles. The first-order valence-corrected chi connectivity index (χ1v) is 8.66. The van der Waals surface area contributed by atoms with Crippen molar-refractivity contribution in [3.63, 3.8) is 0 Å². The van der Waals surface area contributed by atoms with Gasteiger partial charge in [0.2, 0.25) is 5.91 Å². The largest absolute Gasteiger partial charge is 0.366 e. The van der Waals surface area contributed by atoms with E-state index in [0.717, 1.165) is 22.2 Å². The van der Waals surface area contributed by atoms with Gasteiger partial charge in [-0.3, -0.25) is 4.79 Å². The summed E-state index contributed by atoms with van der Waals surface area (Å²) in [5.41, 5.74) is 8.88. The number of carbonyl (C=O) groups is 1. The smallest absolute Gasteiger partial charge is 0.249 e. The minimum absolute atomic E-state index is 0.0112. The Morgan fingerprint density at radius 3 is 2.78 bits per heavy atom. The van der Waals surface area contributed by atoms with E-state index >= 15 is 0 Å². The molecule has 1 unspecified atom stereocenters. The number of pyridine rings is 1. The zero-order valence-corrected chi connectivity index (χ0v) is 14.8. The molecule has 1 atom stereocenters. The fourth-order valence-corrected chi connectivity index (χ4v) is 3.12. The van der Waals surface area contributed by atoms with Crippen molar-refractivity contribution in [2.75, 3.05) is 5.32 Å². The molecule has 4 rings (SSSR count). The van der Waals surface area contributed by atoms with Crippen molar-refractivity contribution in [2.24, 2.45) is 5.73 Å². The number of para-hydroxylation sites is 1. The Labute approximate surface area is 156 Å². The summed E-state index contributed by atoms with van der Waals surface area (Å²) >= 11 is 0. The normalized spacial score (nSPS) is 12.0. The summed E-state index contributed by atoms with van der Waals surface area (Å²) in [5, 5.41) is 4.13. The third-order valence-electron chi connectivity index (χ3n) is 4.52. The molecular formula is C21H19N5O. The van der Waals surface area contributed by atoms with Gasteiger partial charge in [-0.1, -0.05) is 30.3 Å². The van der Waals surface area contributed by atoms with Gasteiger partial charge in [0, 0.05) is 23.5 Å². The second-order valence-corrected chi connectivity index (χ2v) is 6.37. The molecule has 2 aromatic carbocycles. The summed E-state index contributed by atoms with van der Waals surface area (Å²) in [5.74, 6) is 0.148. The van der Waals surface area contributed by atoms with Crippen LogP contribution in [0, 0.1) is 0 Å². The molecule has 0 saturated carbocycles. The molecule has 1 amide bonds. The maximum absolute atomic E-state index is 11.9. The van der Waals surface area contributed by atoms with Crippen LogP contribution in [-0.4, -0.2) is 20.4 Å². The number of aromatic nitrogens is 3. The van der Waals surface area contributed by atoms with Crippen LogP contribution in [0.4, 0.5) is 5.82 Å². The molecule has 0 aliphatic rings. The molecular weight excluding hydrogens is 338 g/mol. The minimum atomic E-state index is -0.466. The fourth-order valence-electron chi connectivity index (χ4n) is 3.12. The highest BCUT2D eigenvalue weighted by molar-refractivity contribution is 6.06. The Bertz CT molecular complexity index is 1100. The first-order chi connectivity index (χ1) is 13.1. The number of hydrogen-bond acceptors (Lipinski definition) is 4. The number of imidazole rings is 1. The van der Waals surface area contributed by atoms with Gasteiger partial charge in [0.25, 0.3) is 0 Å². The van der Waals surface area contributed by atoms with Crippen molar-refractivity contribution in [1.29, 1.82) is 0 Å². The zero-order valence-electron chi connectivity index (χ0n) is 14.8. The van der Waals surface area contributed by atoms with E-state index in [0.29, 0.717) is 11.4 Å². The van der Waals surface area contributed by atoms with Crippen molar-refractivity contribution >= 4 is 22.6 Å². The Hall–Kier alpha value is -3.67. The molecule has 0 spiro atoms. The lowest BCUT2D eigenvalue weighted by atomic mass is 10.1. The van der Waals surface area contributed by atoms with Crippen LogP contribution in [-0.2, 0) is 0 Å². The molecule has 134 valence electrons. The van der Waals surface area contributed by atoms with Crippen molar-refractivity contribution in [3.05, 3.63) is 84.4 Å². The van der Waals surface area contributed by atoms with E-state index in [9.17, 15) is 4.79 Å². The summed E-state index contributed by atoms with van der Waals surface area (Å²) in [7, 11) is 0. The SMILES string of the molecule is CC(Nc1cc(C(N)=O)c2ccccc2n1)c1cccc(-n2ccnc2)c1. The first kappa shape index (κ1) is 16.8. The molecule has 3 N–H and O–H groups in total. The maximum atomic E-state index is 11.9. The number of amides is 1. The van der Waals surface area contributed by atoms with Crippen molar-refractivity contribution in [3.8, 4) is 5.69 Å². The number of rotatable bonds is 5. The third-order valence-corrected chi connectivity index (χ3v) is 4.52. The van der Waals surface area contributed by atoms with Crippen LogP contribution in [0.5, 0.6) is 0 Å². The van der Waals surface area contributed by atoms with Crippen LogP contribution < -0.4 is 11.1 Å². The van der Waals surface area contributed by atoms with Gasteiger partial charge in [-0.15, -0.1) is 0 Å². The molecule has 0 aliphatic heterocycles. The molecule has 0 bridgehead atoms. The lowest BCUT2D eigenvalue weighted by Crippen LogP contribution is -2.14. The Morgan fingerprint density at radius 1 is 1.15 bits per heavy atom. The summed E-state index contributed by atoms with van der Waals surface area (Å²) in [4.78, 5) is 20.6. The van der Waals surface area contributed by atoms with E-state index in [1.54, 1.807) is 18.6 Å². The molecule has 0 fully saturated rings. The number of carbonyl (C=O) groups excluding carboxylic acids is 1. The summed E-state index contributed by atoms with van der Waals surface area (Å²) in [6.45, 7) is 2.05. The summed E-state index contributed by atoms with van der Waals surface area (Å²) in [6.07, 6.45) is 5.42. The number of benzene rings is 2. The first-order valence-electron chi connectivity index (χ1n) is 8.66. The van der Waals surface area contributed by atoms with Gasteiger partial charge in [-0.05, 0) is 36.8 Å². The number of nitrogens with one attached hydrogen (secondary N) is 1. The van der Waals surface area contributed by atoms with E-state index in [1.807, 2.05) is 60.2 Å². The fraction of sp³-hybridized carbons (Fsp3) is 0.0952. The molecule has 4 aromatic rings. The highest BCUT2D eigenvalue weighted by Crippen LogP contribution is 2.24. The second kappa shape index (κ2) is 6.92. The molecule has 0 radical (unpaired) electrons. The quantitative estimate of drug-likeness (QED) is 0.570. The number of nitrogens with two attached hydrogens (primary N) is 1. The van der Waals surface area contributed by atoms with Gasteiger partial charge in [-0.2, -0.15) is 0 Å². The van der Waals surface area contributed by atoms with Gasteiger partial charge < -0.3 is 15.6 Å². The molecule has 27 heavy (non-hydrogen) atoms. The molecule has 0 saturated heterocycles. The average Bonchev–Trinajstić information content (AvgIpc) is 3.22. The van der Waals surface area contributed by atoms with Crippen molar-refractivity contribution in [1.82, 2.24) is 14.5 Å². The Balaban J connectivity index is 1.66. The third kappa shape index (κ3) is 3.37. The van der Waals surface area contributed by atoms with Gasteiger partial charge in [0.1, 0.15) is 5.82 Å². The topological polar surface area (TPSA) is 85.8 Å². The van der Waals surface area contributed by atoms with Crippen LogP contribution in [0.2, 0.25) is 0 Å². The van der Waals surface area contributed by atoms with Crippen LogP contribution in [0.25, 0.3) is 16.6 Å². The van der Waals surface area contributed by atoms with Gasteiger partial charge in [0.05, 0.1) is 23.4 Å². The second-order valence-electron chi connectivity index (χ2n) is 6.37. The van der Waals surface area contributed by atoms with Crippen LogP contribution in [0.3, 0.4) is 0 Å².